The Morgan fingerprint density at radius 1 is 1.21 bits per heavy atom. The van der Waals surface area contributed by atoms with E-state index in [1.165, 1.54) is 0 Å². The predicted octanol–water partition coefficient (Wildman–Crippen LogP) is -4.98. The van der Waals surface area contributed by atoms with Crippen LogP contribution in [0, 0.1) is 10.2 Å². The van der Waals surface area contributed by atoms with Crippen molar-refractivity contribution in [1.82, 2.24) is 15.0 Å². The van der Waals surface area contributed by atoms with Gasteiger partial charge in [0.05, 0.1) is 6.33 Å². The van der Waals surface area contributed by atoms with Gasteiger partial charge >= 0.3 is 0 Å². The van der Waals surface area contributed by atoms with Crippen molar-refractivity contribution in [2.45, 2.75) is 0 Å². The van der Waals surface area contributed by atoms with Gasteiger partial charge < -0.3 is 4.98 Å². The molecular formula is C5H5ClN4O4. The Morgan fingerprint density at radius 2 is 1.86 bits per heavy atom. The lowest BCUT2D eigenvalue weighted by Gasteiger charge is -2.17. The molecule has 2 aromatic rings. The van der Waals surface area contributed by atoms with Crippen molar-refractivity contribution in [3.05, 3.63) is 18.9 Å². The van der Waals surface area contributed by atoms with E-state index in [2.05, 4.69) is 19.9 Å². The maximum Gasteiger partial charge on any atom is 0.294 e. The molecule has 76 valence electrons. The van der Waals surface area contributed by atoms with E-state index in [1.54, 1.807) is 12.7 Å². The number of fused-ring (bicyclic) bond motifs is 1. The first kappa shape index (κ1) is 10.8. The molecule has 0 saturated carbocycles. The summed E-state index contributed by atoms with van der Waals surface area (Å²) in [6.07, 6.45) is 5.03. The van der Waals surface area contributed by atoms with Gasteiger partial charge in [-0.3, -0.25) is 0 Å². The standard InChI is InChI=1S/C5H4N4.ClHO4/c1-4-5(8-2-6-1)9-3-7-4;2-1(3,4)5/h1-3H,(H,6,7,8,9);(H,2,3,4,5). The number of hydrogen-bond acceptors (Lipinski definition) is 6. The third-order valence-corrected chi connectivity index (χ3v) is 1.14. The van der Waals surface area contributed by atoms with E-state index in [0.29, 0.717) is 0 Å². The first-order valence-electron chi connectivity index (χ1n) is 3.24. The quantitative estimate of drug-likeness (QED) is 0.470. The molecule has 0 aliphatic carbocycles. The molecular weight excluding hydrogens is 216 g/mol. The summed E-state index contributed by atoms with van der Waals surface area (Å²) >= 11 is 0. The summed E-state index contributed by atoms with van der Waals surface area (Å²) in [5.41, 5.74) is 1.67. The van der Waals surface area contributed by atoms with E-state index in [-0.39, 0.29) is 0 Å². The van der Waals surface area contributed by atoms with Crippen LogP contribution in [0.15, 0.2) is 18.9 Å². The molecule has 9 heteroatoms. The van der Waals surface area contributed by atoms with E-state index < -0.39 is 10.2 Å². The number of nitrogens with one attached hydrogen (secondary N) is 2. The van der Waals surface area contributed by atoms with Gasteiger partial charge in [-0.25, -0.2) is 23.6 Å². The highest BCUT2D eigenvalue weighted by molar-refractivity contribution is 5.66. The molecule has 8 nitrogen and oxygen atoms in total. The number of H-pyrrole nitrogens is 2. The fourth-order valence-electron chi connectivity index (χ4n) is 0.725. The third kappa shape index (κ3) is 4.07. The van der Waals surface area contributed by atoms with Crippen molar-refractivity contribution in [3.63, 3.8) is 0 Å². The summed E-state index contributed by atoms with van der Waals surface area (Å²) in [6.45, 7) is 0. The molecule has 0 atom stereocenters. The maximum atomic E-state index is 8.49. The van der Waals surface area contributed by atoms with Gasteiger partial charge in [-0.15, -0.1) is 10.2 Å². The molecule has 14 heavy (non-hydrogen) atoms. The fourth-order valence-corrected chi connectivity index (χ4v) is 0.725. The van der Waals surface area contributed by atoms with Crippen molar-refractivity contribution >= 4 is 11.2 Å². The molecule has 0 amide bonds. The molecule has 2 aromatic heterocycles. The number of rotatable bonds is 0. The number of aromatic nitrogens is 4. The van der Waals surface area contributed by atoms with Crippen molar-refractivity contribution in [3.8, 4) is 0 Å². The number of halogens is 1. The molecule has 0 unspecified atom stereocenters. The van der Waals surface area contributed by atoms with Crippen LogP contribution in [0.3, 0.4) is 0 Å². The lowest BCUT2D eigenvalue weighted by Crippen LogP contribution is -2.68. The van der Waals surface area contributed by atoms with Crippen molar-refractivity contribution < 1.29 is 33.9 Å². The van der Waals surface area contributed by atoms with E-state index in [4.69, 9.17) is 18.6 Å². The molecule has 2 N–H and O–H groups in total. The molecule has 0 aliphatic rings. The van der Waals surface area contributed by atoms with Crippen LogP contribution in [0.25, 0.3) is 11.2 Å². The second kappa shape index (κ2) is 4.26. The zero-order valence-electron chi connectivity index (χ0n) is 6.64. The average Bonchev–Trinajstić information content (AvgIpc) is 2.47. The molecule has 2 heterocycles. The minimum absolute atomic E-state index is 0.744. The van der Waals surface area contributed by atoms with E-state index >= 15 is 0 Å². The molecule has 0 fully saturated rings. The highest BCUT2D eigenvalue weighted by Crippen LogP contribution is 1.97. The van der Waals surface area contributed by atoms with Gasteiger partial charge in [0.25, 0.3) is 12.0 Å². The second-order valence-corrected chi connectivity index (χ2v) is 2.84. The van der Waals surface area contributed by atoms with Crippen LogP contribution in [0.5, 0.6) is 0 Å². The van der Waals surface area contributed by atoms with Crippen LogP contribution in [0.4, 0.5) is 0 Å². The number of nitrogens with zero attached hydrogens (tertiary/aromatic N) is 2. The maximum absolute atomic E-state index is 8.49. The van der Waals surface area contributed by atoms with E-state index in [9.17, 15) is 0 Å². The molecule has 0 aromatic carbocycles. The Balaban J connectivity index is 0.000000171. The third-order valence-electron chi connectivity index (χ3n) is 1.14. The Hall–Kier alpha value is -1.32. The van der Waals surface area contributed by atoms with E-state index in [1.807, 2.05) is 6.20 Å². The van der Waals surface area contributed by atoms with Gasteiger partial charge in [-0.05, 0) is 4.98 Å². The van der Waals surface area contributed by atoms with Gasteiger partial charge in [0, 0.05) is 0 Å². The molecule has 0 bridgehead atoms. The van der Waals surface area contributed by atoms with Crippen LogP contribution in [-0.4, -0.2) is 15.0 Å². The zero-order valence-corrected chi connectivity index (χ0v) is 7.39. The van der Waals surface area contributed by atoms with Crippen molar-refractivity contribution in [2.24, 2.45) is 0 Å². The summed E-state index contributed by atoms with van der Waals surface area (Å²) in [5.74, 6) is 0. The van der Waals surface area contributed by atoms with Crippen LogP contribution in [0.2, 0.25) is 0 Å². The molecule has 0 spiro atoms. The highest BCUT2D eigenvalue weighted by Gasteiger charge is 1.98. The predicted molar refractivity (Wildman–Crippen MR) is 30.4 cm³/mol. The molecule has 0 radical (unpaired) electrons. The first-order chi connectivity index (χ1) is 6.47. The Labute approximate surface area is 79.6 Å². The molecule has 0 aliphatic heterocycles. The van der Waals surface area contributed by atoms with Crippen LogP contribution >= 0.6 is 0 Å². The van der Waals surface area contributed by atoms with Gasteiger partial charge in [0.2, 0.25) is 0 Å². The number of hydrogen-bond donors (Lipinski definition) is 1. The van der Waals surface area contributed by atoms with Crippen LogP contribution < -0.4 is 23.6 Å². The molecule has 0 saturated heterocycles. The monoisotopic (exact) mass is 220 g/mol. The topological polar surface area (TPSA) is 148 Å². The summed E-state index contributed by atoms with van der Waals surface area (Å²) < 4.78 is 34.0. The minimum atomic E-state index is -4.94. The Bertz CT molecular complexity index is 364. The van der Waals surface area contributed by atoms with Crippen LogP contribution in [0.1, 0.15) is 0 Å². The summed E-state index contributed by atoms with van der Waals surface area (Å²) in [4.78, 5) is 13.6. The first-order valence-corrected chi connectivity index (χ1v) is 4.47. The largest absolute Gasteiger partial charge is 0.338 e. The lowest BCUT2D eigenvalue weighted by atomic mass is 10.6. The Morgan fingerprint density at radius 3 is 2.43 bits per heavy atom. The SMILES string of the molecule is [O-][Cl+3]([O-])([O-])[O-].c1nc2nc[nH+]cc2[nH]1. The van der Waals surface area contributed by atoms with E-state index in [0.717, 1.165) is 11.2 Å². The highest BCUT2D eigenvalue weighted by atomic mass is 35.7. The minimum Gasteiger partial charge on any atom is -0.338 e. The number of imidazole rings is 1. The summed E-state index contributed by atoms with van der Waals surface area (Å²) in [5, 5.41) is 0. The van der Waals surface area contributed by atoms with Gasteiger partial charge in [-0.2, -0.15) is 4.98 Å². The fraction of sp³-hybridized carbons (Fsp3) is 0. The summed E-state index contributed by atoms with van der Waals surface area (Å²) in [6, 6.07) is 0. The van der Waals surface area contributed by atoms with Crippen LogP contribution in [-0.2, 0) is 0 Å². The smallest absolute Gasteiger partial charge is 0.294 e. The molecule has 2 rings (SSSR count). The zero-order chi connectivity index (χ0) is 10.6. The average molecular weight is 221 g/mol. The number of aromatic amines is 2. The van der Waals surface area contributed by atoms with Crippen molar-refractivity contribution in [1.29, 1.82) is 0 Å². The normalized spacial score (nSPS) is 10.9. The van der Waals surface area contributed by atoms with Gasteiger partial charge in [0.1, 0.15) is 6.20 Å². The van der Waals surface area contributed by atoms with Gasteiger partial charge in [-0.1, -0.05) is 0 Å². The Kier molecular flexibility index (Phi) is 3.28. The van der Waals surface area contributed by atoms with Crippen molar-refractivity contribution in [2.75, 3.05) is 0 Å². The second-order valence-electron chi connectivity index (χ2n) is 2.09. The van der Waals surface area contributed by atoms with Gasteiger partial charge in [0.15, 0.2) is 5.52 Å². The summed E-state index contributed by atoms with van der Waals surface area (Å²) in [7, 11) is -4.94. The lowest BCUT2D eigenvalue weighted by molar-refractivity contribution is -2.00.